The van der Waals surface area contributed by atoms with Gasteiger partial charge in [-0.3, -0.25) is 4.79 Å². The van der Waals surface area contributed by atoms with Crippen LogP contribution in [0.2, 0.25) is 0 Å². The molecule has 0 fully saturated rings. The maximum absolute atomic E-state index is 12.3. The second kappa shape index (κ2) is 7.98. The van der Waals surface area contributed by atoms with Gasteiger partial charge in [0.25, 0.3) is 0 Å². The van der Waals surface area contributed by atoms with Gasteiger partial charge in [-0.2, -0.15) is 13.2 Å². The Morgan fingerprint density at radius 3 is 2.59 bits per heavy atom. The normalized spacial score (nSPS) is 13.0. The first-order chi connectivity index (χ1) is 10.2. The molecule has 1 amide bonds. The lowest BCUT2D eigenvalue weighted by Gasteiger charge is -2.14. The van der Waals surface area contributed by atoms with Crippen LogP contribution >= 0.6 is 0 Å². The average molecular weight is 320 g/mol. The van der Waals surface area contributed by atoms with Gasteiger partial charge in [0.1, 0.15) is 6.61 Å². The molecule has 124 valence electrons. The Hall–Kier alpha value is -1.83. The van der Waals surface area contributed by atoms with Crippen molar-refractivity contribution >= 4 is 5.91 Å². The summed E-state index contributed by atoms with van der Waals surface area (Å²) in [6.45, 7) is 3.85. The highest BCUT2D eigenvalue weighted by Gasteiger charge is 2.30. The molecular formula is C14H19F3N2O3. The standard InChI is InChI=1S/C14H19F3N2O3/c1-9(2)11(20)7-12(21)18-5-6-22-13-4-3-10(8-19-13)14(15,16)17/h3-4,8-9,11,20H,5-7H2,1-2H3,(H,18,21). The fourth-order valence-corrected chi connectivity index (χ4v) is 1.48. The predicted molar refractivity (Wildman–Crippen MR) is 73.2 cm³/mol. The Labute approximate surface area is 126 Å². The number of nitrogens with zero attached hydrogens (tertiary/aromatic N) is 1. The lowest BCUT2D eigenvalue weighted by atomic mass is 10.0. The number of ether oxygens (including phenoxy) is 1. The molecule has 0 saturated heterocycles. The molecule has 0 aliphatic rings. The zero-order chi connectivity index (χ0) is 16.8. The van der Waals surface area contributed by atoms with Crippen molar-refractivity contribution in [3.63, 3.8) is 0 Å². The Kier molecular flexibility index (Phi) is 6.61. The quantitative estimate of drug-likeness (QED) is 0.754. The largest absolute Gasteiger partial charge is 0.476 e. The first-order valence-electron chi connectivity index (χ1n) is 6.81. The van der Waals surface area contributed by atoms with Crippen LogP contribution in [0, 0.1) is 5.92 Å². The number of pyridine rings is 1. The molecule has 0 aromatic carbocycles. The third-order valence-corrected chi connectivity index (χ3v) is 2.90. The molecule has 0 saturated carbocycles. The zero-order valence-electron chi connectivity index (χ0n) is 12.4. The van der Waals surface area contributed by atoms with Crippen molar-refractivity contribution < 1.29 is 27.8 Å². The Morgan fingerprint density at radius 2 is 2.09 bits per heavy atom. The van der Waals surface area contributed by atoms with Gasteiger partial charge in [0.15, 0.2) is 0 Å². The Morgan fingerprint density at radius 1 is 1.41 bits per heavy atom. The average Bonchev–Trinajstić information content (AvgIpc) is 2.43. The van der Waals surface area contributed by atoms with E-state index in [1.807, 2.05) is 0 Å². The van der Waals surface area contributed by atoms with Crippen LogP contribution in [-0.2, 0) is 11.0 Å². The number of aliphatic hydroxyl groups excluding tert-OH is 1. The van der Waals surface area contributed by atoms with Crippen LogP contribution < -0.4 is 10.1 Å². The van der Waals surface area contributed by atoms with E-state index in [1.54, 1.807) is 13.8 Å². The molecule has 22 heavy (non-hydrogen) atoms. The van der Waals surface area contributed by atoms with Crippen molar-refractivity contribution in [2.45, 2.75) is 32.5 Å². The minimum absolute atomic E-state index is 0.00377. The number of carbonyl (C=O) groups is 1. The van der Waals surface area contributed by atoms with E-state index in [4.69, 9.17) is 4.74 Å². The fraction of sp³-hybridized carbons (Fsp3) is 0.571. The topological polar surface area (TPSA) is 71.5 Å². The van der Waals surface area contributed by atoms with Crippen molar-refractivity contribution in [1.29, 1.82) is 0 Å². The van der Waals surface area contributed by atoms with Gasteiger partial charge >= 0.3 is 6.18 Å². The number of hydrogen-bond acceptors (Lipinski definition) is 4. The molecule has 0 radical (unpaired) electrons. The number of aromatic nitrogens is 1. The van der Waals surface area contributed by atoms with E-state index < -0.39 is 17.8 Å². The van der Waals surface area contributed by atoms with Crippen molar-refractivity contribution in [2.24, 2.45) is 5.92 Å². The van der Waals surface area contributed by atoms with Crippen LogP contribution in [-0.4, -0.2) is 35.3 Å². The van der Waals surface area contributed by atoms with Gasteiger partial charge in [-0.15, -0.1) is 0 Å². The third kappa shape index (κ3) is 6.30. The van der Waals surface area contributed by atoms with E-state index in [9.17, 15) is 23.1 Å². The van der Waals surface area contributed by atoms with Crippen molar-refractivity contribution in [2.75, 3.05) is 13.2 Å². The highest BCUT2D eigenvalue weighted by atomic mass is 19.4. The van der Waals surface area contributed by atoms with Crippen LogP contribution in [0.3, 0.4) is 0 Å². The molecule has 0 bridgehead atoms. The molecule has 1 atom stereocenters. The highest BCUT2D eigenvalue weighted by molar-refractivity contribution is 5.76. The number of amides is 1. The van der Waals surface area contributed by atoms with E-state index in [1.165, 1.54) is 0 Å². The minimum Gasteiger partial charge on any atom is -0.476 e. The zero-order valence-corrected chi connectivity index (χ0v) is 12.4. The van der Waals surface area contributed by atoms with Crippen LogP contribution in [0.4, 0.5) is 13.2 Å². The summed E-state index contributed by atoms with van der Waals surface area (Å²) < 4.78 is 42.1. The summed E-state index contributed by atoms with van der Waals surface area (Å²) in [4.78, 5) is 15.0. The fourth-order valence-electron chi connectivity index (χ4n) is 1.48. The Balaban J connectivity index is 2.29. The third-order valence-electron chi connectivity index (χ3n) is 2.90. The van der Waals surface area contributed by atoms with Gasteiger partial charge in [0.2, 0.25) is 11.8 Å². The molecule has 0 aliphatic carbocycles. The number of aliphatic hydroxyl groups is 1. The van der Waals surface area contributed by atoms with Crippen molar-refractivity contribution in [1.82, 2.24) is 10.3 Å². The molecule has 0 spiro atoms. The van der Waals surface area contributed by atoms with Crippen LogP contribution in [0.5, 0.6) is 5.88 Å². The highest BCUT2D eigenvalue weighted by Crippen LogP contribution is 2.29. The predicted octanol–water partition coefficient (Wildman–Crippen LogP) is 2.00. The molecular weight excluding hydrogens is 301 g/mol. The van der Waals surface area contributed by atoms with E-state index >= 15 is 0 Å². The smallest absolute Gasteiger partial charge is 0.417 e. The summed E-state index contributed by atoms with van der Waals surface area (Å²) >= 11 is 0. The van der Waals surface area contributed by atoms with Gasteiger partial charge in [0, 0.05) is 12.3 Å². The number of rotatable bonds is 7. The molecule has 0 aliphatic heterocycles. The van der Waals surface area contributed by atoms with Gasteiger partial charge in [-0.25, -0.2) is 4.98 Å². The lowest BCUT2D eigenvalue weighted by Crippen LogP contribution is -2.32. The summed E-state index contributed by atoms with van der Waals surface area (Å²) in [5.74, 6) is -0.284. The van der Waals surface area contributed by atoms with Gasteiger partial charge in [-0.05, 0) is 12.0 Å². The molecule has 5 nitrogen and oxygen atoms in total. The minimum atomic E-state index is -4.43. The number of nitrogens with one attached hydrogen (secondary N) is 1. The van der Waals surface area contributed by atoms with E-state index in [2.05, 4.69) is 10.3 Å². The van der Waals surface area contributed by atoms with Crippen LogP contribution in [0.15, 0.2) is 18.3 Å². The van der Waals surface area contributed by atoms with Gasteiger partial charge in [0.05, 0.1) is 24.6 Å². The van der Waals surface area contributed by atoms with Crippen LogP contribution in [0.1, 0.15) is 25.8 Å². The second-order valence-corrected chi connectivity index (χ2v) is 5.10. The Bertz CT molecular complexity index is 475. The molecule has 1 heterocycles. The summed E-state index contributed by atoms with van der Waals surface area (Å²) in [5.41, 5.74) is -0.851. The van der Waals surface area contributed by atoms with Crippen LogP contribution in [0.25, 0.3) is 0 Å². The van der Waals surface area contributed by atoms with E-state index in [0.29, 0.717) is 6.20 Å². The first-order valence-corrected chi connectivity index (χ1v) is 6.81. The second-order valence-electron chi connectivity index (χ2n) is 5.10. The summed E-state index contributed by atoms with van der Waals surface area (Å²) in [5, 5.41) is 12.1. The first kappa shape index (κ1) is 18.2. The molecule has 2 N–H and O–H groups in total. The van der Waals surface area contributed by atoms with Crippen molar-refractivity contribution in [3.8, 4) is 5.88 Å². The summed E-state index contributed by atoms with van der Waals surface area (Å²) in [7, 11) is 0. The maximum Gasteiger partial charge on any atom is 0.417 e. The van der Waals surface area contributed by atoms with Gasteiger partial charge < -0.3 is 15.2 Å². The monoisotopic (exact) mass is 320 g/mol. The SMILES string of the molecule is CC(C)C(O)CC(=O)NCCOc1ccc(C(F)(F)F)cn1. The lowest BCUT2D eigenvalue weighted by molar-refractivity contribution is -0.137. The number of halogens is 3. The number of carbonyl (C=O) groups excluding carboxylic acids is 1. The van der Waals surface area contributed by atoms with Gasteiger partial charge in [-0.1, -0.05) is 13.8 Å². The van der Waals surface area contributed by atoms with E-state index in [0.717, 1.165) is 12.1 Å². The number of hydrogen-bond donors (Lipinski definition) is 2. The molecule has 1 aromatic heterocycles. The summed E-state index contributed by atoms with van der Waals surface area (Å²) in [6.07, 6.45) is -4.46. The molecule has 1 aromatic rings. The maximum atomic E-state index is 12.3. The number of alkyl halides is 3. The molecule has 1 rings (SSSR count). The van der Waals surface area contributed by atoms with E-state index in [-0.39, 0.29) is 37.3 Å². The molecule has 8 heteroatoms. The molecule has 1 unspecified atom stereocenters. The van der Waals surface area contributed by atoms with Crippen molar-refractivity contribution in [3.05, 3.63) is 23.9 Å². The summed E-state index contributed by atoms with van der Waals surface area (Å²) in [6, 6.07) is 1.99.